The maximum atomic E-state index is 9.86. The highest BCUT2D eigenvalue weighted by Gasteiger charge is 2.07. The van der Waals surface area contributed by atoms with E-state index < -0.39 is 0 Å². The van der Waals surface area contributed by atoms with Gasteiger partial charge >= 0.3 is 0 Å². The van der Waals surface area contributed by atoms with Crippen LogP contribution in [0.4, 0.5) is 0 Å². The first kappa shape index (κ1) is 14.7. The summed E-state index contributed by atoms with van der Waals surface area (Å²) < 4.78 is 5.67. The fourth-order valence-electron chi connectivity index (χ4n) is 2.07. The van der Waals surface area contributed by atoms with Crippen molar-refractivity contribution < 1.29 is 9.84 Å². The average molecular weight is 291 g/mol. The van der Waals surface area contributed by atoms with E-state index in [-0.39, 0.29) is 5.75 Å². The molecule has 2 aromatic carbocycles. The third kappa shape index (κ3) is 3.67. The molecule has 0 atom stereocenters. The summed E-state index contributed by atoms with van der Waals surface area (Å²) in [5.74, 6) is 1.34. The van der Waals surface area contributed by atoms with Crippen molar-refractivity contribution in [3.05, 3.63) is 48.0 Å². The summed E-state index contributed by atoms with van der Waals surface area (Å²) in [6, 6.07) is 13.2. The van der Waals surface area contributed by atoms with Crippen LogP contribution in [-0.2, 0) is 5.88 Å². The van der Waals surface area contributed by atoms with E-state index in [1.807, 2.05) is 30.3 Å². The van der Waals surface area contributed by atoms with Crippen molar-refractivity contribution in [3.63, 3.8) is 0 Å². The molecule has 0 amide bonds. The third-order valence-electron chi connectivity index (χ3n) is 3.13. The first-order valence-corrected chi connectivity index (χ1v) is 7.39. The molecule has 2 rings (SSSR count). The Kier molecular flexibility index (Phi) is 5.31. The van der Waals surface area contributed by atoms with Crippen LogP contribution in [0.25, 0.3) is 11.1 Å². The predicted molar refractivity (Wildman–Crippen MR) is 83.5 cm³/mol. The average Bonchev–Trinajstić information content (AvgIpc) is 2.47. The van der Waals surface area contributed by atoms with Crippen LogP contribution in [0.5, 0.6) is 11.5 Å². The molecule has 20 heavy (non-hydrogen) atoms. The SMILES string of the molecule is CCCCOc1cc(O)cc(-c2ccccc2CCl)c1. The van der Waals surface area contributed by atoms with Gasteiger partial charge in [0.1, 0.15) is 11.5 Å². The highest BCUT2D eigenvalue weighted by Crippen LogP contribution is 2.32. The summed E-state index contributed by atoms with van der Waals surface area (Å²) in [5.41, 5.74) is 2.99. The monoisotopic (exact) mass is 290 g/mol. The fraction of sp³-hybridized carbons (Fsp3) is 0.294. The smallest absolute Gasteiger partial charge is 0.123 e. The number of hydrogen-bond donors (Lipinski definition) is 1. The lowest BCUT2D eigenvalue weighted by Gasteiger charge is -2.11. The van der Waals surface area contributed by atoms with Crippen LogP contribution < -0.4 is 4.74 Å². The zero-order valence-corrected chi connectivity index (χ0v) is 12.4. The van der Waals surface area contributed by atoms with Crippen LogP contribution in [0.2, 0.25) is 0 Å². The lowest BCUT2D eigenvalue weighted by Crippen LogP contribution is -1.96. The Balaban J connectivity index is 2.31. The minimum absolute atomic E-state index is 0.207. The number of unbranched alkanes of at least 4 members (excludes halogenated alkanes) is 1. The highest BCUT2D eigenvalue weighted by atomic mass is 35.5. The predicted octanol–water partition coefficient (Wildman–Crippen LogP) is 4.98. The Hall–Kier alpha value is -1.67. The van der Waals surface area contributed by atoms with Gasteiger partial charge in [0.25, 0.3) is 0 Å². The Morgan fingerprint density at radius 1 is 1.15 bits per heavy atom. The Labute approximate surface area is 125 Å². The van der Waals surface area contributed by atoms with E-state index in [0.717, 1.165) is 29.5 Å². The number of hydrogen-bond acceptors (Lipinski definition) is 2. The summed E-state index contributed by atoms with van der Waals surface area (Å²) >= 11 is 5.97. The van der Waals surface area contributed by atoms with Gasteiger partial charge in [0.2, 0.25) is 0 Å². The van der Waals surface area contributed by atoms with Crippen molar-refractivity contribution in [2.24, 2.45) is 0 Å². The maximum Gasteiger partial charge on any atom is 0.123 e. The van der Waals surface area contributed by atoms with E-state index in [1.54, 1.807) is 12.1 Å². The molecule has 1 N–H and O–H groups in total. The van der Waals surface area contributed by atoms with E-state index >= 15 is 0 Å². The lowest BCUT2D eigenvalue weighted by molar-refractivity contribution is 0.308. The molecule has 0 spiro atoms. The Morgan fingerprint density at radius 3 is 2.70 bits per heavy atom. The van der Waals surface area contributed by atoms with Crippen LogP contribution >= 0.6 is 11.6 Å². The highest BCUT2D eigenvalue weighted by molar-refractivity contribution is 6.17. The molecule has 0 aliphatic rings. The van der Waals surface area contributed by atoms with E-state index in [9.17, 15) is 5.11 Å². The molecule has 0 saturated carbocycles. The zero-order chi connectivity index (χ0) is 14.4. The lowest BCUT2D eigenvalue weighted by atomic mass is 10.0. The third-order valence-corrected chi connectivity index (χ3v) is 3.42. The topological polar surface area (TPSA) is 29.5 Å². The molecule has 106 valence electrons. The minimum Gasteiger partial charge on any atom is -0.508 e. The van der Waals surface area contributed by atoms with Gasteiger partial charge in [-0.15, -0.1) is 11.6 Å². The van der Waals surface area contributed by atoms with Crippen LogP contribution in [0.15, 0.2) is 42.5 Å². The van der Waals surface area contributed by atoms with E-state index in [2.05, 4.69) is 6.92 Å². The van der Waals surface area contributed by atoms with Gasteiger partial charge in [-0.25, -0.2) is 0 Å². The standard InChI is InChI=1S/C17H19ClO2/c1-2-3-8-20-16-10-14(9-15(19)11-16)17-7-5-4-6-13(17)12-18/h4-7,9-11,19H,2-3,8,12H2,1H3. The molecule has 0 bridgehead atoms. The van der Waals surface area contributed by atoms with Gasteiger partial charge in [-0.2, -0.15) is 0 Å². The molecule has 2 nitrogen and oxygen atoms in total. The second kappa shape index (κ2) is 7.20. The number of phenols is 1. The molecule has 2 aromatic rings. The number of rotatable bonds is 6. The molecular weight excluding hydrogens is 272 g/mol. The first-order chi connectivity index (χ1) is 9.74. The molecule has 0 heterocycles. The van der Waals surface area contributed by atoms with Gasteiger partial charge in [-0.3, -0.25) is 0 Å². The summed E-state index contributed by atoms with van der Waals surface area (Å²) in [4.78, 5) is 0. The summed E-state index contributed by atoms with van der Waals surface area (Å²) in [7, 11) is 0. The largest absolute Gasteiger partial charge is 0.508 e. The Morgan fingerprint density at radius 2 is 1.95 bits per heavy atom. The molecule has 0 aliphatic heterocycles. The van der Waals surface area contributed by atoms with Crippen molar-refractivity contribution in [1.82, 2.24) is 0 Å². The molecular formula is C17H19ClO2. The van der Waals surface area contributed by atoms with Crippen molar-refractivity contribution >= 4 is 11.6 Å². The van der Waals surface area contributed by atoms with Gasteiger partial charge < -0.3 is 9.84 Å². The molecule has 3 heteroatoms. The van der Waals surface area contributed by atoms with Crippen LogP contribution in [0.1, 0.15) is 25.3 Å². The normalized spacial score (nSPS) is 10.5. The van der Waals surface area contributed by atoms with Crippen molar-refractivity contribution in [2.75, 3.05) is 6.61 Å². The zero-order valence-electron chi connectivity index (χ0n) is 11.6. The quantitative estimate of drug-likeness (QED) is 0.601. The van der Waals surface area contributed by atoms with E-state index in [4.69, 9.17) is 16.3 Å². The number of halogens is 1. The second-order valence-electron chi connectivity index (χ2n) is 4.71. The molecule has 0 saturated heterocycles. The molecule has 0 aliphatic carbocycles. The summed E-state index contributed by atoms with van der Waals surface area (Å²) in [6.45, 7) is 2.78. The first-order valence-electron chi connectivity index (χ1n) is 6.85. The second-order valence-corrected chi connectivity index (χ2v) is 4.98. The van der Waals surface area contributed by atoms with Crippen LogP contribution in [0.3, 0.4) is 0 Å². The van der Waals surface area contributed by atoms with E-state index in [1.165, 1.54) is 0 Å². The Bertz CT molecular complexity index is 567. The van der Waals surface area contributed by atoms with Crippen LogP contribution in [0, 0.1) is 0 Å². The number of aromatic hydroxyl groups is 1. The number of benzene rings is 2. The van der Waals surface area contributed by atoms with Crippen molar-refractivity contribution in [3.8, 4) is 22.6 Å². The maximum absolute atomic E-state index is 9.86. The number of phenolic OH excluding ortho intramolecular Hbond substituents is 1. The fourth-order valence-corrected chi connectivity index (χ4v) is 2.31. The van der Waals surface area contributed by atoms with Crippen molar-refractivity contribution in [1.29, 1.82) is 0 Å². The number of ether oxygens (including phenoxy) is 1. The summed E-state index contributed by atoms with van der Waals surface area (Å²) in [5, 5.41) is 9.86. The minimum atomic E-state index is 0.207. The molecule has 0 radical (unpaired) electrons. The molecule has 0 unspecified atom stereocenters. The van der Waals surface area contributed by atoms with Crippen LogP contribution in [-0.4, -0.2) is 11.7 Å². The van der Waals surface area contributed by atoms with Gasteiger partial charge in [-0.1, -0.05) is 37.6 Å². The van der Waals surface area contributed by atoms with E-state index in [0.29, 0.717) is 18.2 Å². The van der Waals surface area contributed by atoms with Crippen molar-refractivity contribution in [2.45, 2.75) is 25.6 Å². The van der Waals surface area contributed by atoms with Gasteiger partial charge in [0, 0.05) is 11.9 Å². The van der Waals surface area contributed by atoms with Gasteiger partial charge in [0.15, 0.2) is 0 Å². The van der Waals surface area contributed by atoms with Gasteiger partial charge in [-0.05, 0) is 35.2 Å². The van der Waals surface area contributed by atoms with Gasteiger partial charge in [0.05, 0.1) is 6.61 Å². The molecule has 0 fully saturated rings. The molecule has 0 aromatic heterocycles. The number of alkyl halides is 1. The summed E-state index contributed by atoms with van der Waals surface area (Å²) in [6.07, 6.45) is 2.09.